The number of benzene rings is 2. The Balaban J connectivity index is 1.42. The van der Waals surface area contributed by atoms with Crippen LogP contribution >= 0.6 is 0 Å². The molecule has 1 aromatic heterocycles. The lowest BCUT2D eigenvalue weighted by atomic mass is 10.1. The molecule has 0 saturated carbocycles. The molecule has 1 aliphatic rings. The van der Waals surface area contributed by atoms with Crippen molar-refractivity contribution in [1.29, 1.82) is 0 Å². The number of H-pyrrole nitrogens is 1. The van der Waals surface area contributed by atoms with Gasteiger partial charge in [-0.1, -0.05) is 12.1 Å². The zero-order valence-corrected chi connectivity index (χ0v) is 15.4. The van der Waals surface area contributed by atoms with Gasteiger partial charge >= 0.3 is 0 Å². The number of amides is 1. The molecule has 0 unspecified atom stereocenters. The smallest absolute Gasteiger partial charge is 0.276 e. The van der Waals surface area contributed by atoms with Crippen molar-refractivity contribution in [2.24, 2.45) is 0 Å². The maximum absolute atomic E-state index is 12.6. The molecule has 4 N–H and O–H groups in total. The fraction of sp³-hybridized carbons (Fsp3) is 0.300. The molecular weight excluding hydrogens is 340 g/mol. The van der Waals surface area contributed by atoms with Gasteiger partial charge in [-0.2, -0.15) is 5.10 Å². The lowest BCUT2D eigenvalue weighted by Crippen LogP contribution is -2.43. The third-order valence-corrected chi connectivity index (χ3v) is 5.02. The van der Waals surface area contributed by atoms with E-state index < -0.39 is 0 Å². The summed E-state index contributed by atoms with van der Waals surface area (Å²) in [4.78, 5) is 17.4. The Morgan fingerprint density at radius 1 is 1.15 bits per heavy atom. The average Bonchev–Trinajstić information content (AvgIpc) is 3.08. The van der Waals surface area contributed by atoms with E-state index in [9.17, 15) is 4.79 Å². The number of likely N-dealkylation sites (N-methyl/N-ethyl adjacent to an activating group) is 1. The fourth-order valence-electron chi connectivity index (χ4n) is 3.35. The van der Waals surface area contributed by atoms with Gasteiger partial charge < -0.3 is 16.0 Å². The number of rotatable bonds is 4. The fourth-order valence-corrected chi connectivity index (χ4v) is 3.35. The van der Waals surface area contributed by atoms with E-state index in [1.807, 2.05) is 18.2 Å². The number of piperazine rings is 1. The quantitative estimate of drug-likeness (QED) is 0.617. The van der Waals surface area contributed by atoms with Gasteiger partial charge in [0.15, 0.2) is 5.69 Å². The maximum atomic E-state index is 12.6. The second kappa shape index (κ2) is 7.38. The molecule has 2 heterocycles. The van der Waals surface area contributed by atoms with E-state index in [2.05, 4.69) is 44.5 Å². The summed E-state index contributed by atoms with van der Waals surface area (Å²) in [7, 11) is 2.16. The first-order valence-electron chi connectivity index (χ1n) is 9.13. The van der Waals surface area contributed by atoms with Crippen LogP contribution in [0.5, 0.6) is 0 Å². The summed E-state index contributed by atoms with van der Waals surface area (Å²) in [5.74, 6) is -0.251. The number of aromatic nitrogens is 2. The van der Waals surface area contributed by atoms with Crippen LogP contribution in [0.15, 0.2) is 42.5 Å². The summed E-state index contributed by atoms with van der Waals surface area (Å²) in [5.41, 5.74) is 9.56. The van der Waals surface area contributed by atoms with Gasteiger partial charge in [0.1, 0.15) is 0 Å². The van der Waals surface area contributed by atoms with Gasteiger partial charge in [0.05, 0.1) is 5.52 Å². The van der Waals surface area contributed by atoms with Gasteiger partial charge in [0.25, 0.3) is 5.91 Å². The van der Waals surface area contributed by atoms with Crippen molar-refractivity contribution in [3.63, 3.8) is 0 Å². The minimum absolute atomic E-state index is 0.251. The molecule has 0 bridgehead atoms. The number of nitrogens with two attached hydrogens (primary N) is 1. The van der Waals surface area contributed by atoms with Crippen LogP contribution in [-0.2, 0) is 6.54 Å². The van der Waals surface area contributed by atoms with Crippen molar-refractivity contribution in [1.82, 2.24) is 20.0 Å². The van der Waals surface area contributed by atoms with Crippen molar-refractivity contribution in [3.8, 4) is 0 Å². The monoisotopic (exact) mass is 364 g/mol. The summed E-state index contributed by atoms with van der Waals surface area (Å²) in [5, 5.41) is 10.6. The molecule has 140 valence electrons. The Morgan fingerprint density at radius 3 is 2.63 bits per heavy atom. The molecule has 0 radical (unpaired) electrons. The zero-order chi connectivity index (χ0) is 18.8. The van der Waals surface area contributed by atoms with Crippen LogP contribution in [0, 0.1) is 0 Å². The topological polar surface area (TPSA) is 90.3 Å². The van der Waals surface area contributed by atoms with Gasteiger partial charge in [-0.25, -0.2) is 0 Å². The van der Waals surface area contributed by atoms with Gasteiger partial charge in [-0.05, 0) is 42.9 Å². The Hall–Kier alpha value is -2.90. The first-order chi connectivity index (χ1) is 13.1. The number of aromatic amines is 1. The molecule has 0 aliphatic carbocycles. The first kappa shape index (κ1) is 17.5. The number of nitrogens with zero attached hydrogens (tertiary/aromatic N) is 3. The summed E-state index contributed by atoms with van der Waals surface area (Å²) in [6.45, 7) is 5.33. The highest BCUT2D eigenvalue weighted by molar-refractivity contribution is 6.11. The second-order valence-corrected chi connectivity index (χ2v) is 7.11. The first-order valence-corrected chi connectivity index (χ1v) is 9.13. The lowest BCUT2D eigenvalue weighted by Gasteiger charge is -2.32. The predicted molar refractivity (Wildman–Crippen MR) is 108 cm³/mol. The third-order valence-electron chi connectivity index (χ3n) is 5.02. The van der Waals surface area contributed by atoms with Crippen LogP contribution in [0.2, 0.25) is 0 Å². The predicted octanol–water partition coefficient (Wildman–Crippen LogP) is 2.14. The SMILES string of the molecule is CN1CCN(Cc2ccc(NC(=O)c3n[nH]c4ccc(N)cc34)cc2)CC1. The van der Waals surface area contributed by atoms with Gasteiger partial charge in [-0.3, -0.25) is 14.8 Å². The number of carbonyl (C=O) groups excluding carboxylic acids is 1. The van der Waals surface area contributed by atoms with E-state index in [-0.39, 0.29) is 5.91 Å². The third kappa shape index (κ3) is 3.94. The van der Waals surface area contributed by atoms with Crippen molar-refractivity contribution in [3.05, 3.63) is 53.7 Å². The summed E-state index contributed by atoms with van der Waals surface area (Å²) in [6.07, 6.45) is 0. The highest BCUT2D eigenvalue weighted by Gasteiger charge is 2.16. The van der Waals surface area contributed by atoms with Gasteiger partial charge in [0, 0.05) is 49.5 Å². The standard InChI is InChI=1S/C20H24N6O/c1-25-8-10-26(11-9-25)13-14-2-5-16(6-3-14)22-20(27)19-17-12-15(21)4-7-18(17)23-24-19/h2-7,12H,8-11,13,21H2,1H3,(H,22,27)(H,23,24). The van der Waals surface area contributed by atoms with E-state index in [0.29, 0.717) is 11.4 Å². The van der Waals surface area contributed by atoms with E-state index in [1.54, 1.807) is 12.1 Å². The summed E-state index contributed by atoms with van der Waals surface area (Å²) < 4.78 is 0. The number of hydrogen-bond acceptors (Lipinski definition) is 5. The van der Waals surface area contributed by atoms with Crippen LogP contribution < -0.4 is 11.1 Å². The molecule has 2 aromatic carbocycles. The minimum Gasteiger partial charge on any atom is -0.399 e. The molecular formula is C20H24N6O. The Kier molecular flexibility index (Phi) is 4.79. The highest BCUT2D eigenvalue weighted by atomic mass is 16.1. The van der Waals surface area contributed by atoms with Crippen LogP contribution in [0.4, 0.5) is 11.4 Å². The zero-order valence-electron chi connectivity index (χ0n) is 15.4. The molecule has 4 rings (SSSR count). The molecule has 0 atom stereocenters. The molecule has 7 nitrogen and oxygen atoms in total. The molecule has 3 aromatic rings. The number of carbonyl (C=O) groups is 1. The minimum atomic E-state index is -0.251. The Labute approximate surface area is 158 Å². The summed E-state index contributed by atoms with van der Waals surface area (Å²) in [6, 6.07) is 13.4. The molecule has 0 spiro atoms. The number of hydrogen-bond donors (Lipinski definition) is 3. The maximum Gasteiger partial charge on any atom is 0.276 e. The number of nitrogen functional groups attached to an aromatic ring is 1. The Bertz CT molecular complexity index is 941. The van der Waals surface area contributed by atoms with Crippen molar-refractivity contribution >= 4 is 28.2 Å². The van der Waals surface area contributed by atoms with Gasteiger partial charge in [-0.15, -0.1) is 0 Å². The molecule has 7 heteroatoms. The van der Waals surface area contributed by atoms with Crippen molar-refractivity contribution in [2.75, 3.05) is 44.3 Å². The molecule has 1 aliphatic heterocycles. The van der Waals surface area contributed by atoms with E-state index >= 15 is 0 Å². The average molecular weight is 364 g/mol. The summed E-state index contributed by atoms with van der Waals surface area (Å²) >= 11 is 0. The normalized spacial score (nSPS) is 15.9. The van der Waals surface area contributed by atoms with Crippen LogP contribution in [-0.4, -0.2) is 59.1 Å². The molecule has 1 saturated heterocycles. The van der Waals surface area contributed by atoms with E-state index in [1.165, 1.54) is 5.56 Å². The number of anilines is 2. The van der Waals surface area contributed by atoms with Crippen LogP contribution in [0.25, 0.3) is 10.9 Å². The molecule has 27 heavy (non-hydrogen) atoms. The highest BCUT2D eigenvalue weighted by Crippen LogP contribution is 2.20. The van der Waals surface area contributed by atoms with Crippen LogP contribution in [0.1, 0.15) is 16.1 Å². The van der Waals surface area contributed by atoms with Crippen LogP contribution in [0.3, 0.4) is 0 Å². The largest absolute Gasteiger partial charge is 0.399 e. The molecule has 1 fully saturated rings. The lowest BCUT2D eigenvalue weighted by molar-refractivity contribution is 0.102. The molecule has 1 amide bonds. The van der Waals surface area contributed by atoms with Crippen molar-refractivity contribution < 1.29 is 4.79 Å². The second-order valence-electron chi connectivity index (χ2n) is 7.11. The number of nitrogens with one attached hydrogen (secondary N) is 2. The van der Waals surface area contributed by atoms with Crippen molar-refractivity contribution in [2.45, 2.75) is 6.54 Å². The number of fused-ring (bicyclic) bond motifs is 1. The van der Waals surface area contributed by atoms with Gasteiger partial charge in [0.2, 0.25) is 0 Å². The Morgan fingerprint density at radius 2 is 1.89 bits per heavy atom. The van der Waals surface area contributed by atoms with E-state index in [4.69, 9.17) is 5.73 Å². The van der Waals surface area contributed by atoms with E-state index in [0.717, 1.165) is 49.3 Å².